The molecule has 5 rings (SSSR count). The van der Waals surface area contributed by atoms with E-state index in [0.29, 0.717) is 10.8 Å². The summed E-state index contributed by atoms with van der Waals surface area (Å²) in [6.07, 6.45) is 8.43. The molecule has 0 aliphatic carbocycles. The molecule has 134 valence electrons. The molecule has 5 heterocycles. The predicted octanol–water partition coefficient (Wildman–Crippen LogP) is 3.66. The zero-order valence-electron chi connectivity index (χ0n) is 14.3. The maximum Gasteiger partial charge on any atom is 0.183 e. The van der Waals surface area contributed by atoms with Gasteiger partial charge in [0, 0.05) is 19.3 Å². The second-order valence-electron chi connectivity index (χ2n) is 6.68. The summed E-state index contributed by atoms with van der Waals surface area (Å²) in [5.41, 5.74) is 3.61. The first-order valence-electron chi connectivity index (χ1n) is 9.05. The molecule has 8 heteroatoms. The van der Waals surface area contributed by atoms with E-state index in [9.17, 15) is 0 Å². The van der Waals surface area contributed by atoms with Crippen molar-refractivity contribution >= 4 is 34.3 Å². The van der Waals surface area contributed by atoms with Crippen molar-refractivity contribution < 1.29 is 4.74 Å². The molecule has 0 radical (unpaired) electrons. The summed E-state index contributed by atoms with van der Waals surface area (Å²) in [5.74, 6) is 0.798. The monoisotopic (exact) mass is 370 g/mol. The summed E-state index contributed by atoms with van der Waals surface area (Å²) in [6, 6.07) is 4.05. The minimum atomic E-state index is -0.120. The van der Waals surface area contributed by atoms with Crippen LogP contribution in [0.2, 0.25) is 5.15 Å². The van der Waals surface area contributed by atoms with Crippen molar-refractivity contribution in [2.75, 3.05) is 18.1 Å². The largest absolute Gasteiger partial charge is 0.356 e. The topological polar surface area (TPSA) is 69.0 Å². The van der Waals surface area contributed by atoms with Gasteiger partial charge in [-0.1, -0.05) is 11.6 Å². The second kappa shape index (κ2) is 6.48. The molecule has 26 heavy (non-hydrogen) atoms. The van der Waals surface area contributed by atoms with Gasteiger partial charge in [0.25, 0.3) is 0 Å². The summed E-state index contributed by atoms with van der Waals surface area (Å²) >= 11 is 6.13. The van der Waals surface area contributed by atoms with Crippen molar-refractivity contribution in [1.29, 1.82) is 0 Å². The van der Waals surface area contributed by atoms with E-state index in [2.05, 4.69) is 25.9 Å². The van der Waals surface area contributed by atoms with Crippen molar-refractivity contribution in [3.8, 4) is 0 Å². The molecule has 2 aliphatic heterocycles. The number of hydrogen-bond acceptors (Lipinski definition) is 6. The van der Waals surface area contributed by atoms with E-state index in [0.717, 1.165) is 68.0 Å². The lowest BCUT2D eigenvalue weighted by atomic mass is 10.1. The van der Waals surface area contributed by atoms with E-state index in [1.54, 1.807) is 6.20 Å². The molecule has 0 N–H and O–H groups in total. The number of halogens is 1. The zero-order chi connectivity index (χ0) is 17.5. The van der Waals surface area contributed by atoms with Gasteiger partial charge < -0.3 is 9.64 Å². The third-order valence-corrected chi connectivity index (χ3v) is 5.17. The van der Waals surface area contributed by atoms with Crippen molar-refractivity contribution in [1.82, 2.24) is 24.7 Å². The normalized spacial score (nSPS) is 20.3. The van der Waals surface area contributed by atoms with E-state index in [-0.39, 0.29) is 6.23 Å². The predicted molar refractivity (Wildman–Crippen MR) is 98.7 cm³/mol. The third-order valence-electron chi connectivity index (χ3n) is 4.99. The van der Waals surface area contributed by atoms with Crippen LogP contribution in [0.15, 0.2) is 24.5 Å². The van der Waals surface area contributed by atoms with Crippen LogP contribution in [0.25, 0.3) is 11.2 Å². The molecule has 0 saturated carbocycles. The van der Waals surface area contributed by atoms with Crippen LogP contribution in [0.3, 0.4) is 0 Å². The molecule has 0 amide bonds. The Morgan fingerprint density at radius 1 is 1.19 bits per heavy atom. The van der Waals surface area contributed by atoms with Gasteiger partial charge in [-0.25, -0.2) is 14.6 Å². The molecule has 1 atom stereocenters. The fourth-order valence-corrected chi connectivity index (χ4v) is 3.91. The highest BCUT2D eigenvalue weighted by atomic mass is 35.5. The van der Waals surface area contributed by atoms with E-state index in [1.165, 1.54) is 0 Å². The molecule has 0 aromatic carbocycles. The number of fused-ring (bicyclic) bond motifs is 2. The van der Waals surface area contributed by atoms with E-state index >= 15 is 0 Å². The van der Waals surface area contributed by atoms with E-state index in [4.69, 9.17) is 21.4 Å². The number of anilines is 2. The minimum absolute atomic E-state index is 0.120. The number of ether oxygens (including phenoxy) is 1. The summed E-state index contributed by atoms with van der Waals surface area (Å²) in [5, 5.41) is 5.25. The lowest BCUT2D eigenvalue weighted by Crippen LogP contribution is -2.26. The maximum absolute atomic E-state index is 6.13. The number of pyridine rings is 1. The van der Waals surface area contributed by atoms with Gasteiger partial charge in [-0.3, -0.25) is 4.98 Å². The van der Waals surface area contributed by atoms with Crippen LogP contribution in [0.1, 0.15) is 37.6 Å². The van der Waals surface area contributed by atoms with Crippen molar-refractivity contribution in [2.45, 2.75) is 38.3 Å². The molecular formula is C18H19ClN6O. The Hall–Kier alpha value is -2.25. The molecule has 1 saturated heterocycles. The summed E-state index contributed by atoms with van der Waals surface area (Å²) in [6.45, 7) is 1.62. The van der Waals surface area contributed by atoms with Crippen LogP contribution in [-0.4, -0.2) is 37.9 Å². The lowest BCUT2D eigenvalue weighted by molar-refractivity contribution is -0.0368. The van der Waals surface area contributed by atoms with Crippen molar-refractivity contribution in [3.63, 3.8) is 0 Å². The molecule has 3 aromatic heterocycles. The van der Waals surface area contributed by atoms with Gasteiger partial charge in [0.15, 0.2) is 23.2 Å². The first-order valence-corrected chi connectivity index (χ1v) is 9.43. The zero-order valence-corrected chi connectivity index (χ0v) is 15.1. The van der Waals surface area contributed by atoms with Gasteiger partial charge in [0.05, 0.1) is 17.6 Å². The molecule has 1 unspecified atom stereocenters. The molecule has 0 bridgehead atoms. The summed E-state index contributed by atoms with van der Waals surface area (Å²) in [7, 11) is 0. The van der Waals surface area contributed by atoms with Gasteiger partial charge >= 0.3 is 0 Å². The van der Waals surface area contributed by atoms with Crippen LogP contribution >= 0.6 is 11.6 Å². The van der Waals surface area contributed by atoms with Crippen LogP contribution in [0.4, 0.5) is 11.5 Å². The fourth-order valence-electron chi connectivity index (χ4n) is 3.78. The Kier molecular flexibility index (Phi) is 3.98. The Morgan fingerprint density at radius 3 is 3.04 bits per heavy atom. The van der Waals surface area contributed by atoms with Crippen molar-refractivity contribution in [2.24, 2.45) is 0 Å². The fraction of sp³-hybridized carbons (Fsp3) is 0.444. The number of aromatic nitrogens is 5. The van der Waals surface area contributed by atoms with E-state index < -0.39 is 0 Å². The van der Waals surface area contributed by atoms with Crippen molar-refractivity contribution in [3.05, 3.63) is 35.4 Å². The SMILES string of the molecule is Clc1cnc2c(N3CCCc4ncccc43)nn(C3CCCCO3)c2n1. The smallest absolute Gasteiger partial charge is 0.183 e. The van der Waals surface area contributed by atoms with Crippen LogP contribution in [0.5, 0.6) is 0 Å². The number of nitrogens with zero attached hydrogens (tertiary/aromatic N) is 6. The Balaban J connectivity index is 1.67. The quantitative estimate of drug-likeness (QED) is 0.685. The Labute approximate surface area is 156 Å². The molecule has 7 nitrogen and oxygen atoms in total. The molecular weight excluding hydrogens is 352 g/mol. The number of hydrogen-bond donors (Lipinski definition) is 0. The average Bonchev–Trinajstić information content (AvgIpc) is 3.06. The van der Waals surface area contributed by atoms with Gasteiger partial charge in [-0.15, -0.1) is 5.10 Å². The number of aryl methyl sites for hydroxylation is 1. The van der Waals surface area contributed by atoms with Gasteiger partial charge in [0.2, 0.25) is 0 Å². The highest BCUT2D eigenvalue weighted by Gasteiger charge is 2.28. The van der Waals surface area contributed by atoms with E-state index in [1.807, 2.05) is 16.9 Å². The second-order valence-corrected chi connectivity index (χ2v) is 7.07. The molecule has 2 aliphatic rings. The molecule has 3 aromatic rings. The number of rotatable bonds is 2. The molecule has 1 fully saturated rings. The highest BCUT2D eigenvalue weighted by Crippen LogP contribution is 2.36. The molecule has 0 spiro atoms. The maximum atomic E-state index is 6.13. The van der Waals surface area contributed by atoms with Gasteiger partial charge in [-0.05, 0) is 44.2 Å². The highest BCUT2D eigenvalue weighted by molar-refractivity contribution is 6.29. The third kappa shape index (κ3) is 2.62. The summed E-state index contributed by atoms with van der Waals surface area (Å²) in [4.78, 5) is 15.8. The summed E-state index contributed by atoms with van der Waals surface area (Å²) < 4.78 is 7.80. The van der Waals surface area contributed by atoms with Gasteiger partial charge in [-0.2, -0.15) is 0 Å². The Morgan fingerprint density at radius 2 is 2.15 bits per heavy atom. The Bertz CT molecular complexity index is 952. The average molecular weight is 371 g/mol. The minimum Gasteiger partial charge on any atom is -0.356 e. The van der Waals surface area contributed by atoms with Gasteiger partial charge in [0.1, 0.15) is 5.15 Å². The first kappa shape index (κ1) is 16.0. The van der Waals surface area contributed by atoms with Crippen LogP contribution in [-0.2, 0) is 11.2 Å². The standard InChI is InChI=1S/C18H19ClN6O/c19-14-11-21-16-17(22-14)25(15-7-1-2-10-26-15)23-18(16)24-9-4-5-12-13(24)6-3-8-20-12/h3,6,8,11,15H,1-2,4-5,7,9-10H2. The lowest BCUT2D eigenvalue weighted by Gasteiger charge is -2.28. The van der Waals surface area contributed by atoms with Crippen LogP contribution in [0, 0.1) is 0 Å². The van der Waals surface area contributed by atoms with Crippen LogP contribution < -0.4 is 4.90 Å². The first-order chi connectivity index (χ1) is 12.8.